The summed E-state index contributed by atoms with van der Waals surface area (Å²) in [6, 6.07) is 10.8. The second-order valence-electron chi connectivity index (χ2n) is 6.21. The number of thioether (sulfide) groups is 1. The SMILES string of the molecule is O=C(Cc1csc(SCc2ccc(Cl)cc2Cl)n1)Nc1ccc2c(c1)OCCO2. The number of nitrogens with one attached hydrogen (secondary N) is 1. The summed E-state index contributed by atoms with van der Waals surface area (Å²) >= 11 is 15.2. The zero-order valence-electron chi connectivity index (χ0n) is 15.1. The third-order valence-electron chi connectivity index (χ3n) is 4.06. The first-order valence-corrected chi connectivity index (χ1v) is 11.4. The number of rotatable bonds is 6. The van der Waals surface area contributed by atoms with Crippen molar-refractivity contribution in [3.8, 4) is 11.5 Å². The van der Waals surface area contributed by atoms with E-state index in [2.05, 4.69) is 10.3 Å². The molecule has 4 rings (SSSR count). The predicted octanol–water partition coefficient (Wildman–Crippen LogP) is 5.69. The molecule has 5 nitrogen and oxygen atoms in total. The maximum absolute atomic E-state index is 12.4. The van der Waals surface area contributed by atoms with Crippen molar-refractivity contribution >= 4 is 57.9 Å². The molecule has 0 spiro atoms. The number of benzene rings is 2. The number of amides is 1. The molecule has 29 heavy (non-hydrogen) atoms. The minimum absolute atomic E-state index is 0.135. The van der Waals surface area contributed by atoms with E-state index in [0.717, 1.165) is 15.6 Å². The molecule has 2 heterocycles. The van der Waals surface area contributed by atoms with Crippen LogP contribution in [-0.2, 0) is 17.0 Å². The van der Waals surface area contributed by atoms with E-state index in [1.165, 1.54) is 11.3 Å². The molecule has 1 aliphatic heterocycles. The average Bonchev–Trinajstić information content (AvgIpc) is 3.14. The Morgan fingerprint density at radius 3 is 2.79 bits per heavy atom. The Kier molecular flexibility index (Phi) is 6.50. The second-order valence-corrected chi connectivity index (χ2v) is 9.14. The van der Waals surface area contributed by atoms with Crippen molar-refractivity contribution < 1.29 is 14.3 Å². The van der Waals surface area contributed by atoms with Crippen LogP contribution in [0.1, 0.15) is 11.3 Å². The maximum atomic E-state index is 12.4. The summed E-state index contributed by atoms with van der Waals surface area (Å²) in [6.07, 6.45) is 0.202. The Labute approximate surface area is 186 Å². The highest BCUT2D eigenvalue weighted by Crippen LogP contribution is 2.33. The van der Waals surface area contributed by atoms with E-state index < -0.39 is 0 Å². The highest BCUT2D eigenvalue weighted by atomic mass is 35.5. The van der Waals surface area contributed by atoms with Gasteiger partial charge in [-0.3, -0.25) is 4.79 Å². The molecule has 0 unspecified atom stereocenters. The van der Waals surface area contributed by atoms with Crippen molar-refractivity contribution in [2.45, 2.75) is 16.5 Å². The van der Waals surface area contributed by atoms with Gasteiger partial charge in [-0.25, -0.2) is 4.98 Å². The summed E-state index contributed by atoms with van der Waals surface area (Å²) < 4.78 is 11.9. The quantitative estimate of drug-likeness (QED) is 0.472. The average molecular weight is 467 g/mol. The topological polar surface area (TPSA) is 60.5 Å². The van der Waals surface area contributed by atoms with Crippen LogP contribution in [-0.4, -0.2) is 24.1 Å². The lowest BCUT2D eigenvalue weighted by atomic mass is 10.2. The van der Waals surface area contributed by atoms with Crippen molar-refractivity contribution in [2.75, 3.05) is 18.5 Å². The number of nitrogens with zero attached hydrogens (tertiary/aromatic N) is 1. The summed E-state index contributed by atoms with van der Waals surface area (Å²) in [6.45, 7) is 1.04. The summed E-state index contributed by atoms with van der Waals surface area (Å²) in [4.78, 5) is 16.9. The minimum atomic E-state index is -0.135. The zero-order chi connectivity index (χ0) is 20.2. The Morgan fingerprint density at radius 2 is 1.97 bits per heavy atom. The lowest BCUT2D eigenvalue weighted by Gasteiger charge is -2.18. The summed E-state index contributed by atoms with van der Waals surface area (Å²) in [7, 11) is 0. The van der Waals surface area contributed by atoms with Crippen molar-refractivity contribution in [3.05, 3.63) is 63.1 Å². The van der Waals surface area contributed by atoms with Crippen molar-refractivity contribution in [1.29, 1.82) is 0 Å². The van der Waals surface area contributed by atoms with E-state index in [9.17, 15) is 4.79 Å². The molecule has 0 radical (unpaired) electrons. The highest BCUT2D eigenvalue weighted by molar-refractivity contribution is 8.00. The van der Waals surface area contributed by atoms with Crippen LogP contribution in [0.2, 0.25) is 10.0 Å². The third-order valence-corrected chi connectivity index (χ3v) is 6.77. The summed E-state index contributed by atoms with van der Waals surface area (Å²) in [5.41, 5.74) is 2.39. The second kappa shape index (κ2) is 9.26. The van der Waals surface area contributed by atoms with E-state index in [1.807, 2.05) is 17.5 Å². The lowest BCUT2D eigenvalue weighted by molar-refractivity contribution is -0.115. The molecule has 9 heteroatoms. The zero-order valence-corrected chi connectivity index (χ0v) is 18.3. The Bertz CT molecular complexity index is 1040. The van der Waals surface area contributed by atoms with E-state index in [4.69, 9.17) is 32.7 Å². The molecule has 2 aromatic carbocycles. The van der Waals surface area contributed by atoms with Crippen molar-refractivity contribution in [1.82, 2.24) is 4.98 Å². The van der Waals surface area contributed by atoms with Gasteiger partial charge in [0.05, 0.1) is 12.1 Å². The van der Waals surface area contributed by atoms with Gasteiger partial charge in [-0.05, 0) is 29.8 Å². The third kappa shape index (κ3) is 5.36. The van der Waals surface area contributed by atoms with Gasteiger partial charge in [0.25, 0.3) is 0 Å². The Hall–Kier alpha value is -1.93. The van der Waals surface area contributed by atoms with Crippen LogP contribution in [0.25, 0.3) is 0 Å². The molecular weight excluding hydrogens is 451 g/mol. The van der Waals surface area contributed by atoms with Gasteiger partial charge >= 0.3 is 0 Å². The number of halogens is 2. The minimum Gasteiger partial charge on any atom is -0.486 e. The van der Waals surface area contributed by atoms with Crippen LogP contribution < -0.4 is 14.8 Å². The van der Waals surface area contributed by atoms with Gasteiger partial charge in [0, 0.05) is 32.9 Å². The smallest absolute Gasteiger partial charge is 0.230 e. The number of fused-ring (bicyclic) bond motifs is 1. The van der Waals surface area contributed by atoms with E-state index in [-0.39, 0.29) is 12.3 Å². The van der Waals surface area contributed by atoms with Crippen molar-refractivity contribution in [3.63, 3.8) is 0 Å². The fourth-order valence-corrected chi connectivity index (χ4v) is 5.11. The number of ether oxygens (including phenoxy) is 2. The first-order chi connectivity index (χ1) is 14.1. The Balaban J connectivity index is 1.32. The summed E-state index contributed by atoms with van der Waals surface area (Å²) in [5.74, 6) is 1.88. The first kappa shape index (κ1) is 20.3. The maximum Gasteiger partial charge on any atom is 0.230 e. The molecule has 1 aliphatic rings. The predicted molar refractivity (Wildman–Crippen MR) is 118 cm³/mol. The number of carbonyl (C=O) groups is 1. The van der Waals surface area contributed by atoms with Crippen LogP contribution >= 0.6 is 46.3 Å². The van der Waals surface area contributed by atoms with Gasteiger partial charge in [-0.2, -0.15) is 0 Å². The molecule has 1 N–H and O–H groups in total. The monoisotopic (exact) mass is 466 g/mol. The molecule has 0 aliphatic carbocycles. The van der Waals surface area contributed by atoms with Crippen LogP contribution in [0.4, 0.5) is 5.69 Å². The first-order valence-electron chi connectivity index (χ1n) is 8.77. The van der Waals surface area contributed by atoms with Gasteiger partial charge in [0.1, 0.15) is 17.6 Å². The molecule has 0 atom stereocenters. The van der Waals surface area contributed by atoms with Crippen LogP contribution in [0, 0.1) is 0 Å². The summed E-state index contributed by atoms with van der Waals surface area (Å²) in [5, 5.41) is 6.03. The van der Waals surface area contributed by atoms with Crippen LogP contribution in [0.5, 0.6) is 11.5 Å². The van der Waals surface area contributed by atoms with Crippen LogP contribution in [0.15, 0.2) is 46.1 Å². The normalized spacial score (nSPS) is 12.6. The fourth-order valence-electron chi connectivity index (χ4n) is 2.70. The van der Waals surface area contributed by atoms with E-state index in [0.29, 0.717) is 46.2 Å². The molecule has 3 aromatic rings. The van der Waals surface area contributed by atoms with E-state index in [1.54, 1.807) is 36.0 Å². The molecule has 0 saturated carbocycles. The fraction of sp³-hybridized carbons (Fsp3) is 0.200. The molecule has 150 valence electrons. The largest absolute Gasteiger partial charge is 0.486 e. The van der Waals surface area contributed by atoms with Crippen molar-refractivity contribution in [2.24, 2.45) is 0 Å². The van der Waals surface area contributed by atoms with E-state index >= 15 is 0 Å². The van der Waals surface area contributed by atoms with Gasteiger partial charge in [0.15, 0.2) is 11.5 Å². The molecule has 0 saturated heterocycles. The number of thiazole rings is 1. The Morgan fingerprint density at radius 1 is 1.14 bits per heavy atom. The molecule has 0 bridgehead atoms. The molecule has 1 aromatic heterocycles. The molecule has 0 fully saturated rings. The number of aromatic nitrogens is 1. The van der Waals surface area contributed by atoms with Gasteiger partial charge in [-0.1, -0.05) is 41.0 Å². The van der Waals surface area contributed by atoms with Gasteiger partial charge in [0.2, 0.25) is 5.91 Å². The molecular formula is C20H16Cl2N2O3S2. The lowest BCUT2D eigenvalue weighted by Crippen LogP contribution is -2.17. The number of hydrogen-bond donors (Lipinski definition) is 1. The standard InChI is InChI=1S/C20H16Cl2N2O3S2/c21-13-2-1-12(16(22)7-13)10-28-20-24-15(11-29-20)9-19(25)23-14-3-4-17-18(8-14)27-6-5-26-17/h1-4,7-8,11H,5-6,9-10H2,(H,23,25). The number of anilines is 1. The number of hydrogen-bond acceptors (Lipinski definition) is 6. The molecule has 1 amide bonds. The van der Waals surface area contributed by atoms with Gasteiger partial charge in [-0.15, -0.1) is 11.3 Å². The van der Waals surface area contributed by atoms with Crippen LogP contribution in [0.3, 0.4) is 0 Å². The highest BCUT2D eigenvalue weighted by Gasteiger charge is 2.14. The number of carbonyl (C=O) groups excluding carboxylic acids is 1. The van der Waals surface area contributed by atoms with Gasteiger partial charge < -0.3 is 14.8 Å².